The highest BCUT2D eigenvalue weighted by molar-refractivity contribution is 7.19. The van der Waals surface area contributed by atoms with Crippen LogP contribution in [-0.4, -0.2) is 14.5 Å². The van der Waals surface area contributed by atoms with E-state index in [2.05, 4.69) is 15.6 Å². The van der Waals surface area contributed by atoms with E-state index in [-0.39, 0.29) is 0 Å². The van der Waals surface area contributed by atoms with Crippen LogP contribution in [0.25, 0.3) is 21.9 Å². The van der Waals surface area contributed by atoms with Crippen LogP contribution < -0.4 is 0 Å². The zero-order chi connectivity index (χ0) is 14.2. The first-order chi connectivity index (χ1) is 10.3. The van der Waals surface area contributed by atoms with Crippen LogP contribution >= 0.6 is 22.9 Å². The second kappa shape index (κ2) is 5.43. The Morgan fingerprint density at radius 1 is 1.14 bits per heavy atom. The maximum Gasteiger partial charge on any atom is 0.160 e. The minimum absolute atomic E-state index is 0.509. The maximum absolute atomic E-state index is 6.11. The number of hydrogen-bond acceptors (Lipinski definition) is 3. The van der Waals surface area contributed by atoms with E-state index in [1.54, 1.807) is 11.3 Å². The lowest BCUT2D eigenvalue weighted by Crippen LogP contribution is -2.14. The molecule has 1 fully saturated rings. The first kappa shape index (κ1) is 13.3. The van der Waals surface area contributed by atoms with Crippen molar-refractivity contribution >= 4 is 34.1 Å². The molecule has 5 heteroatoms. The number of hydrogen-bond donors (Lipinski definition) is 0. The highest BCUT2D eigenvalue weighted by Crippen LogP contribution is 2.38. The van der Waals surface area contributed by atoms with Crippen molar-refractivity contribution in [1.82, 2.24) is 14.5 Å². The number of nitrogens with zero attached hydrogens (tertiary/aromatic N) is 3. The molecule has 21 heavy (non-hydrogen) atoms. The number of halogens is 1. The quantitative estimate of drug-likeness (QED) is 0.640. The molecule has 108 valence electrons. The monoisotopic (exact) mass is 317 g/mol. The second-order valence-corrected chi connectivity index (χ2v) is 7.26. The van der Waals surface area contributed by atoms with Gasteiger partial charge in [-0.25, -0.2) is 9.97 Å². The lowest BCUT2D eigenvalue weighted by atomic mass is 9.95. The average molecular weight is 318 g/mol. The van der Waals surface area contributed by atoms with Gasteiger partial charge in [-0.15, -0.1) is 11.3 Å². The van der Waals surface area contributed by atoms with Crippen LogP contribution in [0.5, 0.6) is 0 Å². The van der Waals surface area contributed by atoms with Crippen LogP contribution in [0.4, 0.5) is 0 Å². The van der Waals surface area contributed by atoms with Crippen molar-refractivity contribution in [3.05, 3.63) is 34.8 Å². The zero-order valence-corrected chi connectivity index (χ0v) is 13.2. The lowest BCUT2D eigenvalue weighted by Gasteiger charge is -2.24. The lowest BCUT2D eigenvalue weighted by molar-refractivity contribution is 0.361. The molecule has 0 atom stereocenters. The summed E-state index contributed by atoms with van der Waals surface area (Å²) in [7, 11) is 0. The van der Waals surface area contributed by atoms with Crippen LogP contribution in [0.15, 0.2) is 30.5 Å². The molecule has 1 aliphatic rings. The van der Waals surface area contributed by atoms with Gasteiger partial charge < -0.3 is 4.57 Å². The van der Waals surface area contributed by atoms with Crippen molar-refractivity contribution in [2.75, 3.05) is 0 Å². The number of aromatic nitrogens is 3. The minimum atomic E-state index is 0.509. The highest BCUT2D eigenvalue weighted by Gasteiger charge is 2.23. The zero-order valence-electron chi connectivity index (χ0n) is 11.6. The van der Waals surface area contributed by atoms with Gasteiger partial charge in [0.2, 0.25) is 0 Å². The van der Waals surface area contributed by atoms with E-state index in [9.17, 15) is 0 Å². The predicted octanol–water partition coefficient (Wildman–Crippen LogP) is 5.32. The Kier molecular flexibility index (Phi) is 3.43. The summed E-state index contributed by atoms with van der Waals surface area (Å²) < 4.78 is 3.15. The fraction of sp³-hybridized carbons (Fsp3) is 0.375. The first-order valence-corrected chi connectivity index (χ1v) is 8.61. The molecule has 0 radical (unpaired) electrons. The SMILES string of the molecule is Clc1ccc(-c2nc3cccnc3n2C2CCCCC2)s1. The molecule has 3 heterocycles. The van der Waals surface area contributed by atoms with Gasteiger partial charge in [0.1, 0.15) is 5.52 Å². The molecule has 0 amide bonds. The standard InChI is InChI=1S/C16H16ClN3S/c17-14-9-8-13(21-14)16-19-12-7-4-10-18-15(12)20(16)11-5-2-1-3-6-11/h4,7-11H,1-3,5-6H2. The Morgan fingerprint density at radius 3 is 2.76 bits per heavy atom. The molecular formula is C16H16ClN3S. The maximum atomic E-state index is 6.11. The molecule has 0 aliphatic heterocycles. The van der Waals surface area contributed by atoms with Crippen molar-refractivity contribution in [1.29, 1.82) is 0 Å². The molecule has 3 aromatic heterocycles. The Bertz CT molecular complexity index is 771. The van der Waals surface area contributed by atoms with E-state index in [1.165, 1.54) is 32.1 Å². The molecular weight excluding hydrogens is 302 g/mol. The van der Waals surface area contributed by atoms with Crippen molar-refractivity contribution in [2.45, 2.75) is 38.1 Å². The smallest absolute Gasteiger partial charge is 0.160 e. The number of pyridine rings is 1. The van der Waals surface area contributed by atoms with E-state index in [1.807, 2.05) is 24.4 Å². The van der Waals surface area contributed by atoms with Gasteiger partial charge in [0.25, 0.3) is 0 Å². The molecule has 1 saturated carbocycles. The van der Waals surface area contributed by atoms with E-state index in [4.69, 9.17) is 16.6 Å². The summed E-state index contributed by atoms with van der Waals surface area (Å²) in [5, 5.41) is 0. The van der Waals surface area contributed by atoms with Gasteiger partial charge in [0.05, 0.1) is 9.21 Å². The predicted molar refractivity (Wildman–Crippen MR) is 88.0 cm³/mol. The Morgan fingerprint density at radius 2 is 2.00 bits per heavy atom. The third-order valence-corrected chi connectivity index (χ3v) is 5.41. The van der Waals surface area contributed by atoms with Gasteiger partial charge in [-0.1, -0.05) is 30.9 Å². The number of fused-ring (bicyclic) bond motifs is 1. The van der Waals surface area contributed by atoms with Crippen molar-refractivity contribution in [2.24, 2.45) is 0 Å². The van der Waals surface area contributed by atoms with Crippen LogP contribution in [0, 0.1) is 0 Å². The molecule has 0 N–H and O–H groups in total. The van der Waals surface area contributed by atoms with Crippen LogP contribution in [-0.2, 0) is 0 Å². The summed E-state index contributed by atoms with van der Waals surface area (Å²) in [5.74, 6) is 1.02. The fourth-order valence-corrected chi connectivity index (χ4v) is 4.25. The third kappa shape index (κ3) is 2.36. The molecule has 3 aromatic rings. The normalized spacial score (nSPS) is 16.6. The fourth-order valence-electron chi connectivity index (χ4n) is 3.22. The average Bonchev–Trinajstić information content (AvgIpc) is 3.11. The van der Waals surface area contributed by atoms with Gasteiger partial charge in [0.15, 0.2) is 11.5 Å². The summed E-state index contributed by atoms with van der Waals surface area (Å²) >= 11 is 7.70. The van der Waals surface area contributed by atoms with Gasteiger partial charge in [0, 0.05) is 12.2 Å². The molecule has 1 aliphatic carbocycles. The summed E-state index contributed by atoms with van der Waals surface area (Å²) in [6.07, 6.45) is 8.22. The van der Waals surface area contributed by atoms with Crippen LogP contribution in [0.3, 0.4) is 0 Å². The molecule has 0 bridgehead atoms. The van der Waals surface area contributed by atoms with Crippen molar-refractivity contribution in [3.8, 4) is 10.7 Å². The molecule has 3 nitrogen and oxygen atoms in total. The summed E-state index contributed by atoms with van der Waals surface area (Å²) in [6, 6.07) is 8.51. The van der Waals surface area contributed by atoms with Gasteiger partial charge >= 0.3 is 0 Å². The van der Waals surface area contributed by atoms with Gasteiger partial charge in [-0.2, -0.15) is 0 Å². The number of thiophene rings is 1. The third-order valence-electron chi connectivity index (χ3n) is 4.18. The second-order valence-electron chi connectivity index (χ2n) is 5.55. The Balaban J connectivity index is 1.92. The Hall–Kier alpha value is -1.39. The minimum Gasteiger partial charge on any atom is -0.305 e. The van der Waals surface area contributed by atoms with Gasteiger partial charge in [-0.3, -0.25) is 0 Å². The molecule has 0 unspecified atom stereocenters. The summed E-state index contributed by atoms with van der Waals surface area (Å²) in [4.78, 5) is 10.5. The largest absolute Gasteiger partial charge is 0.305 e. The number of imidazole rings is 1. The molecule has 0 aromatic carbocycles. The van der Waals surface area contributed by atoms with E-state index in [0.29, 0.717) is 6.04 Å². The topological polar surface area (TPSA) is 30.7 Å². The van der Waals surface area contributed by atoms with Crippen molar-refractivity contribution < 1.29 is 0 Å². The molecule has 0 spiro atoms. The summed E-state index contributed by atoms with van der Waals surface area (Å²) in [6.45, 7) is 0. The van der Waals surface area contributed by atoms with Gasteiger partial charge in [-0.05, 0) is 37.1 Å². The van der Waals surface area contributed by atoms with E-state index < -0.39 is 0 Å². The highest BCUT2D eigenvalue weighted by atomic mass is 35.5. The number of rotatable bonds is 2. The van der Waals surface area contributed by atoms with Crippen molar-refractivity contribution in [3.63, 3.8) is 0 Å². The van der Waals surface area contributed by atoms with Crippen LogP contribution in [0.2, 0.25) is 4.34 Å². The molecule has 0 saturated heterocycles. The van der Waals surface area contributed by atoms with Crippen LogP contribution in [0.1, 0.15) is 38.1 Å². The van der Waals surface area contributed by atoms with E-state index in [0.717, 1.165) is 26.2 Å². The van der Waals surface area contributed by atoms with E-state index >= 15 is 0 Å². The molecule has 4 rings (SSSR count). The first-order valence-electron chi connectivity index (χ1n) is 7.41. The Labute approximate surface area is 132 Å². The summed E-state index contributed by atoms with van der Waals surface area (Å²) in [5.41, 5.74) is 1.98.